The number of unbranched alkanes of at least 4 members (excludes halogenated alkanes) is 6. The van der Waals surface area contributed by atoms with Crippen LogP contribution in [-0.2, 0) is 0 Å². The number of hydrogen-bond donors (Lipinski definition) is 0. The van der Waals surface area contributed by atoms with Gasteiger partial charge in [0.15, 0.2) is 0 Å². The minimum absolute atomic E-state index is 1.13. The Labute approximate surface area is 85.6 Å². The normalized spacial score (nSPS) is 11.2. The molecule has 0 amide bonds. The van der Waals surface area contributed by atoms with E-state index < -0.39 is 0 Å². The van der Waals surface area contributed by atoms with Crippen LogP contribution in [0.15, 0.2) is 12.2 Å². The fourth-order valence-corrected chi connectivity index (χ4v) is 1.55. The maximum atomic E-state index is 2.58. The summed E-state index contributed by atoms with van der Waals surface area (Å²) in [6, 6.07) is 0. The van der Waals surface area contributed by atoms with Crippen LogP contribution >= 0.6 is 0 Å². The summed E-state index contributed by atoms with van der Waals surface area (Å²) in [4.78, 5) is 0. The van der Waals surface area contributed by atoms with Gasteiger partial charge in [0.05, 0.1) is 0 Å². The monoisotopic (exact) mass is 234 g/mol. The second-order valence-electron chi connectivity index (χ2n) is 3.21. The van der Waals surface area contributed by atoms with E-state index in [1.165, 1.54) is 44.9 Å². The molecule has 0 N–H and O–H groups in total. The Morgan fingerprint density at radius 3 is 2.25 bits per heavy atom. The molecule has 0 atom stereocenters. The van der Waals surface area contributed by atoms with Crippen LogP contribution in [0.1, 0.15) is 51.9 Å². The SMILES string of the molecule is CCCCCCCCC=CC[SeH]. The summed E-state index contributed by atoms with van der Waals surface area (Å²) in [6.45, 7) is 2.27. The van der Waals surface area contributed by atoms with E-state index >= 15 is 0 Å². The quantitative estimate of drug-likeness (QED) is 0.341. The summed E-state index contributed by atoms with van der Waals surface area (Å²) in [5.74, 6) is 0. The van der Waals surface area contributed by atoms with Gasteiger partial charge in [-0.2, -0.15) is 0 Å². The molecule has 0 nitrogen and oxygen atoms in total. The van der Waals surface area contributed by atoms with E-state index in [0.29, 0.717) is 0 Å². The van der Waals surface area contributed by atoms with Crippen molar-refractivity contribution in [2.24, 2.45) is 0 Å². The van der Waals surface area contributed by atoms with Crippen LogP contribution in [0.4, 0.5) is 0 Å². The Balaban J connectivity index is 2.86. The van der Waals surface area contributed by atoms with Crippen molar-refractivity contribution in [3.8, 4) is 0 Å². The van der Waals surface area contributed by atoms with Crippen molar-refractivity contribution >= 4 is 16.0 Å². The van der Waals surface area contributed by atoms with Gasteiger partial charge in [0.1, 0.15) is 0 Å². The Hall–Kier alpha value is 0.259. The standard InChI is InChI=1S/C11H22Se/c1-2-3-4-5-6-7-8-9-10-11-12/h9-10,12H,2-8,11H2,1H3. The zero-order valence-electron chi connectivity index (χ0n) is 8.26. The zero-order chi connectivity index (χ0) is 9.07. The molecule has 12 heavy (non-hydrogen) atoms. The van der Waals surface area contributed by atoms with Gasteiger partial charge in [-0.1, -0.05) is 0 Å². The van der Waals surface area contributed by atoms with Crippen LogP contribution in [0.3, 0.4) is 0 Å². The molecule has 0 rings (SSSR count). The van der Waals surface area contributed by atoms with Crippen molar-refractivity contribution in [1.82, 2.24) is 0 Å². The van der Waals surface area contributed by atoms with Gasteiger partial charge in [0.2, 0.25) is 0 Å². The topological polar surface area (TPSA) is 0 Å². The molecular formula is C11H22Se. The second-order valence-corrected chi connectivity index (χ2v) is 3.98. The molecule has 0 bridgehead atoms. The number of rotatable bonds is 8. The van der Waals surface area contributed by atoms with Gasteiger partial charge >= 0.3 is 85.4 Å². The molecule has 72 valence electrons. The van der Waals surface area contributed by atoms with E-state index in [0.717, 1.165) is 5.32 Å². The van der Waals surface area contributed by atoms with Gasteiger partial charge in [-0.05, 0) is 0 Å². The third-order valence-electron chi connectivity index (χ3n) is 2.00. The summed E-state index contributed by atoms with van der Waals surface area (Å²) in [7, 11) is 0. The predicted molar refractivity (Wildman–Crippen MR) is 59.1 cm³/mol. The maximum absolute atomic E-state index is 2.58. The second kappa shape index (κ2) is 11.3. The molecule has 0 heterocycles. The van der Waals surface area contributed by atoms with Gasteiger partial charge in [0, 0.05) is 0 Å². The molecule has 0 spiro atoms. The van der Waals surface area contributed by atoms with Crippen LogP contribution in [0, 0.1) is 0 Å². The summed E-state index contributed by atoms with van der Waals surface area (Å²) >= 11 is 2.58. The van der Waals surface area contributed by atoms with Crippen molar-refractivity contribution in [2.75, 3.05) is 0 Å². The molecular weight excluding hydrogens is 211 g/mol. The van der Waals surface area contributed by atoms with E-state index in [9.17, 15) is 0 Å². The molecule has 0 aliphatic rings. The van der Waals surface area contributed by atoms with Crippen molar-refractivity contribution in [3.05, 3.63) is 12.2 Å². The Morgan fingerprint density at radius 1 is 0.917 bits per heavy atom. The minimum atomic E-state index is 1.13. The van der Waals surface area contributed by atoms with Crippen molar-refractivity contribution < 1.29 is 0 Å². The van der Waals surface area contributed by atoms with E-state index in [1.54, 1.807) is 0 Å². The van der Waals surface area contributed by atoms with Gasteiger partial charge in [-0.25, -0.2) is 0 Å². The molecule has 0 aromatic heterocycles. The van der Waals surface area contributed by atoms with Crippen LogP contribution in [0.5, 0.6) is 0 Å². The molecule has 0 aromatic rings. The van der Waals surface area contributed by atoms with Crippen LogP contribution < -0.4 is 0 Å². The summed E-state index contributed by atoms with van der Waals surface area (Å²) < 4.78 is 0. The molecule has 0 aliphatic heterocycles. The molecule has 0 aromatic carbocycles. The van der Waals surface area contributed by atoms with Crippen LogP contribution in [-0.4, -0.2) is 16.0 Å². The molecule has 1 heteroatoms. The first-order valence-corrected chi connectivity index (χ1v) is 6.50. The predicted octanol–water partition coefficient (Wildman–Crippen LogP) is 3.61. The van der Waals surface area contributed by atoms with E-state index in [1.807, 2.05) is 0 Å². The average molecular weight is 233 g/mol. The molecule has 0 unspecified atom stereocenters. The molecule has 0 fully saturated rings. The van der Waals surface area contributed by atoms with Crippen LogP contribution in [0.25, 0.3) is 0 Å². The first-order chi connectivity index (χ1) is 5.91. The average Bonchev–Trinajstić information content (AvgIpc) is 2.10. The summed E-state index contributed by atoms with van der Waals surface area (Å²) in [5.41, 5.74) is 0. The number of allylic oxidation sites excluding steroid dienone is 2. The van der Waals surface area contributed by atoms with Gasteiger partial charge in [-0.15, -0.1) is 0 Å². The van der Waals surface area contributed by atoms with Gasteiger partial charge in [-0.3, -0.25) is 0 Å². The van der Waals surface area contributed by atoms with Crippen molar-refractivity contribution in [2.45, 2.75) is 57.2 Å². The Bertz CT molecular complexity index is 97.2. The Morgan fingerprint density at radius 2 is 1.58 bits per heavy atom. The van der Waals surface area contributed by atoms with Crippen LogP contribution in [0.2, 0.25) is 5.32 Å². The Kier molecular flexibility index (Phi) is 11.5. The fraction of sp³-hybridized carbons (Fsp3) is 0.818. The van der Waals surface area contributed by atoms with E-state index in [4.69, 9.17) is 0 Å². The molecule has 0 radical (unpaired) electrons. The third-order valence-corrected chi connectivity index (χ3v) is 2.44. The summed E-state index contributed by atoms with van der Waals surface area (Å²) in [5, 5.41) is 1.13. The van der Waals surface area contributed by atoms with Crippen molar-refractivity contribution in [1.29, 1.82) is 0 Å². The van der Waals surface area contributed by atoms with Crippen molar-refractivity contribution in [3.63, 3.8) is 0 Å². The molecule has 0 saturated carbocycles. The fourth-order valence-electron chi connectivity index (χ4n) is 1.23. The van der Waals surface area contributed by atoms with E-state index in [-0.39, 0.29) is 0 Å². The van der Waals surface area contributed by atoms with E-state index in [2.05, 4.69) is 35.1 Å². The first-order valence-electron chi connectivity index (χ1n) is 5.17. The van der Waals surface area contributed by atoms with Gasteiger partial charge in [0.25, 0.3) is 0 Å². The number of hydrogen-bond acceptors (Lipinski definition) is 0. The first kappa shape index (κ1) is 12.3. The summed E-state index contributed by atoms with van der Waals surface area (Å²) in [6.07, 6.45) is 14.3. The van der Waals surface area contributed by atoms with Gasteiger partial charge < -0.3 is 0 Å². The zero-order valence-corrected chi connectivity index (χ0v) is 10.1. The molecule has 0 aliphatic carbocycles. The third kappa shape index (κ3) is 10.3. The molecule has 0 saturated heterocycles.